The maximum absolute atomic E-state index is 13.1. The first-order chi connectivity index (χ1) is 15.0. The van der Waals surface area contributed by atoms with Crippen LogP contribution in [0.15, 0.2) is 71.3 Å². The molecule has 158 valence electrons. The van der Waals surface area contributed by atoms with E-state index in [0.717, 1.165) is 17.7 Å². The van der Waals surface area contributed by atoms with E-state index in [0.29, 0.717) is 0 Å². The number of nitrogens with one attached hydrogen (secondary N) is 1. The van der Waals surface area contributed by atoms with Gasteiger partial charge in [0.25, 0.3) is 11.8 Å². The first-order valence-electron chi connectivity index (χ1n) is 10.0. The number of benzene rings is 2. The van der Waals surface area contributed by atoms with Crippen LogP contribution in [0.25, 0.3) is 0 Å². The van der Waals surface area contributed by atoms with E-state index in [4.69, 9.17) is 9.15 Å². The molecule has 3 aromatic rings. The van der Waals surface area contributed by atoms with Crippen LogP contribution < -0.4 is 10.2 Å². The maximum atomic E-state index is 13.1. The molecule has 0 radical (unpaired) electrons. The van der Waals surface area contributed by atoms with Gasteiger partial charge in [0.2, 0.25) is 0 Å². The van der Waals surface area contributed by atoms with Crippen molar-refractivity contribution in [1.29, 1.82) is 0 Å². The van der Waals surface area contributed by atoms with E-state index in [9.17, 15) is 14.4 Å². The van der Waals surface area contributed by atoms with E-state index in [1.54, 1.807) is 36.1 Å². The summed E-state index contributed by atoms with van der Waals surface area (Å²) >= 11 is 0. The zero-order valence-corrected chi connectivity index (χ0v) is 17.2. The number of nitrogens with zero attached hydrogens (tertiary/aromatic N) is 1. The second-order valence-electron chi connectivity index (χ2n) is 7.41. The summed E-state index contributed by atoms with van der Waals surface area (Å²) in [6.07, 6.45) is 1.15. The van der Waals surface area contributed by atoms with Gasteiger partial charge in [-0.1, -0.05) is 30.3 Å². The van der Waals surface area contributed by atoms with Gasteiger partial charge in [0.05, 0.1) is 17.5 Å². The number of hydrogen-bond donors (Lipinski definition) is 1. The molecular formula is C24H22N2O5. The first-order valence-corrected chi connectivity index (χ1v) is 10.0. The predicted octanol–water partition coefficient (Wildman–Crippen LogP) is 4.06. The highest BCUT2D eigenvalue weighted by Crippen LogP contribution is 2.32. The molecule has 7 heteroatoms. The molecule has 0 saturated carbocycles. The topological polar surface area (TPSA) is 88.8 Å². The van der Waals surface area contributed by atoms with Crippen molar-refractivity contribution in [2.75, 3.05) is 10.2 Å². The van der Waals surface area contributed by atoms with Gasteiger partial charge in [0.15, 0.2) is 11.9 Å². The summed E-state index contributed by atoms with van der Waals surface area (Å²) in [4.78, 5) is 39.9. The smallest absolute Gasteiger partial charge is 0.341 e. The summed E-state index contributed by atoms with van der Waals surface area (Å²) in [5.41, 5.74) is 2.35. The highest BCUT2D eigenvalue weighted by Gasteiger charge is 2.34. The molecule has 1 N–H and O–H groups in total. The largest absolute Gasteiger partial charge is 0.459 e. The zero-order chi connectivity index (χ0) is 22.0. The Balaban J connectivity index is 1.48. The minimum Gasteiger partial charge on any atom is -0.459 e. The Morgan fingerprint density at radius 1 is 1.06 bits per heavy atom. The van der Waals surface area contributed by atoms with Crippen LogP contribution in [-0.4, -0.2) is 29.9 Å². The normalized spacial score (nSPS) is 15.8. The second kappa shape index (κ2) is 8.47. The summed E-state index contributed by atoms with van der Waals surface area (Å²) in [6.45, 7) is 3.52. The summed E-state index contributed by atoms with van der Waals surface area (Å²) in [6, 6.07) is 17.3. The van der Waals surface area contributed by atoms with Crippen LogP contribution in [0, 0.1) is 0 Å². The molecule has 0 bridgehead atoms. The third-order valence-electron chi connectivity index (χ3n) is 5.22. The fourth-order valence-electron chi connectivity index (χ4n) is 3.73. The zero-order valence-electron chi connectivity index (χ0n) is 17.2. The third kappa shape index (κ3) is 4.07. The van der Waals surface area contributed by atoms with E-state index in [2.05, 4.69) is 5.32 Å². The Hall–Kier alpha value is -3.87. The van der Waals surface area contributed by atoms with E-state index in [1.807, 2.05) is 31.2 Å². The van der Waals surface area contributed by atoms with Crippen LogP contribution in [-0.2, 0) is 16.0 Å². The molecule has 2 amide bonds. The minimum absolute atomic E-state index is 0.0223. The molecule has 0 fully saturated rings. The van der Waals surface area contributed by atoms with Crippen molar-refractivity contribution in [3.8, 4) is 0 Å². The van der Waals surface area contributed by atoms with Crippen LogP contribution in [0.4, 0.5) is 11.4 Å². The number of para-hydroxylation sites is 2. The lowest BCUT2D eigenvalue weighted by molar-refractivity contribution is -0.126. The summed E-state index contributed by atoms with van der Waals surface area (Å²) < 4.78 is 10.6. The summed E-state index contributed by atoms with van der Waals surface area (Å²) in [7, 11) is 0. The predicted molar refractivity (Wildman–Crippen MR) is 115 cm³/mol. The van der Waals surface area contributed by atoms with Gasteiger partial charge in [-0.05, 0) is 56.2 Å². The van der Waals surface area contributed by atoms with Gasteiger partial charge < -0.3 is 19.4 Å². The van der Waals surface area contributed by atoms with Crippen molar-refractivity contribution in [2.24, 2.45) is 0 Å². The molecule has 31 heavy (non-hydrogen) atoms. The number of rotatable bonds is 5. The summed E-state index contributed by atoms with van der Waals surface area (Å²) in [5.74, 6) is -1.36. The van der Waals surface area contributed by atoms with E-state index in [-0.39, 0.29) is 29.0 Å². The molecule has 2 atom stereocenters. The van der Waals surface area contributed by atoms with E-state index < -0.39 is 18.0 Å². The molecule has 2 aromatic carbocycles. The number of fused-ring (bicyclic) bond motifs is 1. The Morgan fingerprint density at radius 3 is 2.58 bits per heavy atom. The molecule has 2 heterocycles. The number of carbonyl (C=O) groups is 3. The van der Waals surface area contributed by atoms with Gasteiger partial charge in [0.1, 0.15) is 0 Å². The highest BCUT2D eigenvalue weighted by atomic mass is 16.5. The van der Waals surface area contributed by atoms with Crippen molar-refractivity contribution in [2.45, 2.75) is 32.4 Å². The number of furan rings is 1. The van der Waals surface area contributed by atoms with Gasteiger partial charge in [-0.3, -0.25) is 9.59 Å². The van der Waals surface area contributed by atoms with Crippen molar-refractivity contribution in [3.05, 3.63) is 83.8 Å². The molecule has 4 rings (SSSR count). The number of ether oxygens (including phenoxy) is 1. The van der Waals surface area contributed by atoms with Crippen molar-refractivity contribution in [1.82, 2.24) is 0 Å². The maximum Gasteiger partial charge on any atom is 0.341 e. The third-order valence-corrected chi connectivity index (χ3v) is 5.22. The van der Waals surface area contributed by atoms with E-state index >= 15 is 0 Å². The molecule has 7 nitrogen and oxygen atoms in total. The molecular weight excluding hydrogens is 396 g/mol. The lowest BCUT2D eigenvalue weighted by Gasteiger charge is -2.26. The lowest BCUT2D eigenvalue weighted by Crippen LogP contribution is -2.43. The number of anilines is 2. The molecule has 1 aromatic heterocycles. The lowest BCUT2D eigenvalue weighted by atomic mass is 10.1. The van der Waals surface area contributed by atoms with Crippen LogP contribution in [0.2, 0.25) is 0 Å². The Kier molecular flexibility index (Phi) is 5.58. The number of amides is 2. The molecule has 0 saturated heterocycles. The molecule has 0 unspecified atom stereocenters. The van der Waals surface area contributed by atoms with Crippen molar-refractivity contribution in [3.63, 3.8) is 0 Å². The SMILES string of the molecule is C[C@@H](OC(=O)c1ccccc1NC(=O)c1ccco1)C(=O)N1c2ccccc2C[C@@H]1C. The van der Waals surface area contributed by atoms with Crippen molar-refractivity contribution < 1.29 is 23.5 Å². The van der Waals surface area contributed by atoms with Gasteiger partial charge in [-0.15, -0.1) is 0 Å². The Morgan fingerprint density at radius 2 is 1.81 bits per heavy atom. The molecule has 0 aliphatic carbocycles. The quantitative estimate of drug-likeness (QED) is 0.632. The highest BCUT2D eigenvalue weighted by molar-refractivity contribution is 6.07. The fraction of sp³-hybridized carbons (Fsp3) is 0.208. The van der Waals surface area contributed by atoms with Crippen LogP contribution in [0.1, 0.15) is 40.3 Å². The monoisotopic (exact) mass is 418 g/mol. The average molecular weight is 418 g/mol. The van der Waals surface area contributed by atoms with Gasteiger partial charge >= 0.3 is 5.97 Å². The molecule has 1 aliphatic rings. The van der Waals surface area contributed by atoms with Gasteiger partial charge in [-0.2, -0.15) is 0 Å². The van der Waals surface area contributed by atoms with E-state index in [1.165, 1.54) is 18.4 Å². The standard InChI is InChI=1S/C24H22N2O5/c1-15-14-17-8-3-6-11-20(17)26(15)23(28)16(2)31-24(29)18-9-4-5-10-19(18)25-22(27)21-12-7-13-30-21/h3-13,15-16H,14H2,1-2H3,(H,25,27)/t15-,16+/m0/s1. The fourth-order valence-corrected chi connectivity index (χ4v) is 3.73. The number of carbonyl (C=O) groups excluding carboxylic acids is 3. The minimum atomic E-state index is -0.991. The van der Waals surface area contributed by atoms with Crippen LogP contribution in [0.3, 0.4) is 0 Å². The molecule has 1 aliphatic heterocycles. The average Bonchev–Trinajstić information content (AvgIpc) is 3.41. The molecule has 0 spiro atoms. The number of esters is 1. The van der Waals surface area contributed by atoms with Crippen LogP contribution in [0.5, 0.6) is 0 Å². The Bertz CT molecular complexity index is 1120. The Labute approximate surface area is 179 Å². The first kappa shape index (κ1) is 20.4. The van der Waals surface area contributed by atoms with Crippen LogP contribution >= 0.6 is 0 Å². The second-order valence-corrected chi connectivity index (χ2v) is 7.41. The summed E-state index contributed by atoms with van der Waals surface area (Å²) in [5, 5.41) is 2.64. The van der Waals surface area contributed by atoms with Gasteiger partial charge in [-0.25, -0.2) is 4.79 Å². The van der Waals surface area contributed by atoms with Gasteiger partial charge in [0, 0.05) is 11.7 Å². The van der Waals surface area contributed by atoms with Crippen molar-refractivity contribution >= 4 is 29.2 Å². The number of hydrogen-bond acceptors (Lipinski definition) is 5.